The summed E-state index contributed by atoms with van der Waals surface area (Å²) in [7, 11) is 0. The molecular formula is C16H16BrN3O. The van der Waals surface area contributed by atoms with Crippen molar-refractivity contribution in [3.63, 3.8) is 0 Å². The Hall–Kier alpha value is -1.75. The number of hydrogen-bond acceptors (Lipinski definition) is 3. The minimum Gasteiger partial charge on any atom is -0.308 e. The molecule has 1 aromatic carbocycles. The van der Waals surface area contributed by atoms with Gasteiger partial charge >= 0.3 is 0 Å². The fourth-order valence-corrected chi connectivity index (χ4v) is 3.09. The molecule has 1 aromatic heterocycles. The highest BCUT2D eigenvalue weighted by atomic mass is 79.9. The standard InChI is InChI=1S/C16H16BrN3O/c1-11-14(9-18-10-19-11)16(21)20-7-3-2-4-12-8-13(17)5-6-15(12)20/h5-6,8-10H,2-4,7H2,1H3. The first-order valence-corrected chi connectivity index (χ1v) is 7.83. The summed E-state index contributed by atoms with van der Waals surface area (Å²) >= 11 is 3.51. The van der Waals surface area contributed by atoms with Gasteiger partial charge in [-0.15, -0.1) is 0 Å². The predicted molar refractivity (Wildman–Crippen MR) is 85.5 cm³/mol. The summed E-state index contributed by atoms with van der Waals surface area (Å²) < 4.78 is 1.05. The lowest BCUT2D eigenvalue weighted by Gasteiger charge is -2.23. The van der Waals surface area contributed by atoms with Crippen LogP contribution in [-0.4, -0.2) is 22.4 Å². The van der Waals surface area contributed by atoms with Crippen molar-refractivity contribution in [2.45, 2.75) is 26.2 Å². The van der Waals surface area contributed by atoms with Gasteiger partial charge in [0.05, 0.1) is 11.3 Å². The van der Waals surface area contributed by atoms with Gasteiger partial charge in [0.2, 0.25) is 0 Å². The third-order valence-electron chi connectivity index (χ3n) is 3.80. The molecule has 0 spiro atoms. The van der Waals surface area contributed by atoms with Gasteiger partial charge < -0.3 is 4.90 Å². The number of benzene rings is 1. The SMILES string of the molecule is Cc1ncncc1C(=O)N1CCCCc2cc(Br)ccc21. The molecule has 0 saturated carbocycles. The average molecular weight is 346 g/mol. The van der Waals surface area contributed by atoms with E-state index in [2.05, 4.69) is 32.0 Å². The summed E-state index contributed by atoms with van der Waals surface area (Å²) in [4.78, 5) is 22.8. The second kappa shape index (κ2) is 5.93. The first-order chi connectivity index (χ1) is 10.2. The van der Waals surface area contributed by atoms with Crippen LogP contribution in [0.15, 0.2) is 35.2 Å². The van der Waals surface area contributed by atoms with E-state index < -0.39 is 0 Å². The number of carbonyl (C=O) groups is 1. The topological polar surface area (TPSA) is 46.1 Å². The second-order valence-electron chi connectivity index (χ2n) is 5.21. The van der Waals surface area contributed by atoms with E-state index >= 15 is 0 Å². The number of anilines is 1. The van der Waals surface area contributed by atoms with Gasteiger partial charge in [0, 0.05) is 22.9 Å². The van der Waals surface area contributed by atoms with E-state index in [4.69, 9.17) is 0 Å². The number of carbonyl (C=O) groups excluding carboxylic acids is 1. The molecule has 0 saturated heterocycles. The molecule has 1 amide bonds. The van der Waals surface area contributed by atoms with Crippen molar-refractivity contribution >= 4 is 27.5 Å². The Balaban J connectivity index is 2.03. The smallest absolute Gasteiger partial charge is 0.261 e. The maximum Gasteiger partial charge on any atom is 0.261 e. The first kappa shape index (κ1) is 14.2. The van der Waals surface area contributed by atoms with Crippen LogP contribution < -0.4 is 4.90 Å². The summed E-state index contributed by atoms with van der Waals surface area (Å²) in [5.41, 5.74) is 3.51. The molecule has 2 heterocycles. The van der Waals surface area contributed by atoms with Crippen molar-refractivity contribution in [3.05, 3.63) is 52.0 Å². The fraction of sp³-hybridized carbons (Fsp3) is 0.312. The largest absolute Gasteiger partial charge is 0.308 e. The van der Waals surface area contributed by atoms with Gasteiger partial charge in [-0.05, 0) is 49.9 Å². The van der Waals surface area contributed by atoms with Crippen molar-refractivity contribution < 1.29 is 4.79 Å². The zero-order chi connectivity index (χ0) is 14.8. The Bertz CT molecular complexity index is 687. The van der Waals surface area contributed by atoms with Crippen molar-refractivity contribution in [1.29, 1.82) is 0 Å². The molecule has 21 heavy (non-hydrogen) atoms. The second-order valence-corrected chi connectivity index (χ2v) is 6.12. The summed E-state index contributed by atoms with van der Waals surface area (Å²) in [6.45, 7) is 2.58. The third kappa shape index (κ3) is 2.83. The molecular weight excluding hydrogens is 330 g/mol. The first-order valence-electron chi connectivity index (χ1n) is 7.04. The lowest BCUT2D eigenvalue weighted by atomic mass is 10.1. The number of halogens is 1. The van der Waals surface area contributed by atoms with E-state index in [9.17, 15) is 4.79 Å². The molecule has 0 N–H and O–H groups in total. The van der Waals surface area contributed by atoms with Gasteiger partial charge in [-0.2, -0.15) is 0 Å². The minimum absolute atomic E-state index is 0.0152. The number of fused-ring (bicyclic) bond motifs is 1. The van der Waals surface area contributed by atoms with Crippen molar-refractivity contribution in [1.82, 2.24) is 9.97 Å². The van der Waals surface area contributed by atoms with E-state index in [1.54, 1.807) is 6.20 Å². The van der Waals surface area contributed by atoms with Crippen LogP contribution in [-0.2, 0) is 6.42 Å². The number of rotatable bonds is 1. The Kier molecular flexibility index (Phi) is 4.01. The van der Waals surface area contributed by atoms with Crippen LogP contribution in [0.3, 0.4) is 0 Å². The molecule has 1 aliphatic rings. The van der Waals surface area contributed by atoms with Gasteiger partial charge in [0.15, 0.2) is 0 Å². The zero-order valence-corrected chi connectivity index (χ0v) is 13.4. The number of hydrogen-bond donors (Lipinski definition) is 0. The van der Waals surface area contributed by atoms with Gasteiger partial charge in [0.25, 0.3) is 5.91 Å². The quantitative estimate of drug-likeness (QED) is 0.794. The fourth-order valence-electron chi connectivity index (χ4n) is 2.68. The molecule has 1 aliphatic heterocycles. The number of aryl methyl sites for hydroxylation is 2. The van der Waals surface area contributed by atoms with Crippen LogP contribution >= 0.6 is 15.9 Å². The lowest BCUT2D eigenvalue weighted by molar-refractivity contribution is 0.0985. The highest BCUT2D eigenvalue weighted by Gasteiger charge is 2.24. The monoisotopic (exact) mass is 345 g/mol. The summed E-state index contributed by atoms with van der Waals surface area (Å²) in [5, 5.41) is 0. The number of nitrogens with zero attached hydrogens (tertiary/aromatic N) is 3. The summed E-state index contributed by atoms with van der Waals surface area (Å²) in [6, 6.07) is 6.11. The molecule has 0 bridgehead atoms. The van der Waals surface area contributed by atoms with E-state index in [0.29, 0.717) is 5.56 Å². The Morgan fingerprint density at radius 3 is 3.00 bits per heavy atom. The number of aromatic nitrogens is 2. The molecule has 108 valence electrons. The van der Waals surface area contributed by atoms with Crippen molar-refractivity contribution in [3.8, 4) is 0 Å². The van der Waals surface area contributed by atoms with E-state index in [0.717, 1.165) is 41.7 Å². The molecule has 0 atom stereocenters. The predicted octanol–water partition coefficient (Wildman–Crippen LogP) is 3.53. The van der Waals surface area contributed by atoms with Crippen LogP contribution in [0.25, 0.3) is 0 Å². The molecule has 4 nitrogen and oxygen atoms in total. The van der Waals surface area contributed by atoms with Gasteiger partial charge in [-0.1, -0.05) is 15.9 Å². The Labute approximate surface area is 132 Å². The molecule has 0 unspecified atom stereocenters. The minimum atomic E-state index is -0.0152. The van der Waals surface area contributed by atoms with Crippen LogP contribution in [0.1, 0.15) is 34.5 Å². The molecule has 3 rings (SSSR count). The van der Waals surface area contributed by atoms with E-state index in [-0.39, 0.29) is 5.91 Å². The maximum absolute atomic E-state index is 12.9. The van der Waals surface area contributed by atoms with Gasteiger partial charge in [-0.25, -0.2) is 9.97 Å². The lowest BCUT2D eigenvalue weighted by Crippen LogP contribution is -2.32. The zero-order valence-electron chi connectivity index (χ0n) is 11.8. The van der Waals surface area contributed by atoms with Gasteiger partial charge in [0.1, 0.15) is 6.33 Å². The van der Waals surface area contributed by atoms with Crippen LogP contribution in [0.5, 0.6) is 0 Å². The molecule has 5 heteroatoms. The molecule has 0 radical (unpaired) electrons. The highest BCUT2D eigenvalue weighted by Crippen LogP contribution is 2.30. The van der Waals surface area contributed by atoms with Crippen LogP contribution in [0.4, 0.5) is 5.69 Å². The summed E-state index contributed by atoms with van der Waals surface area (Å²) in [6.07, 6.45) is 6.18. The molecule has 2 aromatic rings. The Morgan fingerprint density at radius 1 is 1.33 bits per heavy atom. The van der Waals surface area contributed by atoms with Crippen molar-refractivity contribution in [2.75, 3.05) is 11.4 Å². The van der Waals surface area contributed by atoms with E-state index in [1.807, 2.05) is 24.0 Å². The van der Waals surface area contributed by atoms with Crippen molar-refractivity contribution in [2.24, 2.45) is 0 Å². The Morgan fingerprint density at radius 2 is 2.19 bits per heavy atom. The number of amides is 1. The van der Waals surface area contributed by atoms with Crippen LogP contribution in [0, 0.1) is 6.92 Å². The third-order valence-corrected chi connectivity index (χ3v) is 4.29. The highest BCUT2D eigenvalue weighted by molar-refractivity contribution is 9.10. The van der Waals surface area contributed by atoms with Gasteiger partial charge in [-0.3, -0.25) is 4.79 Å². The molecule has 0 aliphatic carbocycles. The summed E-state index contributed by atoms with van der Waals surface area (Å²) in [5.74, 6) is -0.0152. The average Bonchev–Trinajstić information content (AvgIpc) is 2.69. The molecule has 0 fully saturated rings. The van der Waals surface area contributed by atoms with E-state index in [1.165, 1.54) is 11.9 Å². The van der Waals surface area contributed by atoms with Crippen LogP contribution in [0.2, 0.25) is 0 Å². The maximum atomic E-state index is 12.9. The normalized spacial score (nSPS) is 14.5.